The molecule has 1 saturated carbocycles. The minimum absolute atomic E-state index is 0.0619. The molecule has 0 radical (unpaired) electrons. The number of amides is 1. The van der Waals surface area contributed by atoms with Gasteiger partial charge in [-0.1, -0.05) is 19.3 Å². The molecule has 1 atom stereocenters. The zero-order valence-electron chi connectivity index (χ0n) is 9.08. The van der Waals surface area contributed by atoms with Crippen LogP contribution in [0, 0.1) is 0 Å². The van der Waals surface area contributed by atoms with Crippen LogP contribution in [-0.2, 0) is 4.79 Å². The SMILES string of the molecule is O=C1NC2C=CC(Br)=CN2C12CCCCC2. The number of nitrogens with one attached hydrogen (secondary N) is 1. The van der Waals surface area contributed by atoms with E-state index in [1.807, 2.05) is 12.2 Å². The van der Waals surface area contributed by atoms with Crippen molar-refractivity contribution in [1.82, 2.24) is 10.2 Å². The summed E-state index contributed by atoms with van der Waals surface area (Å²) in [4.78, 5) is 14.4. The number of fused-ring (bicyclic) bond motifs is 2. The highest BCUT2D eigenvalue weighted by molar-refractivity contribution is 9.11. The first-order valence-electron chi connectivity index (χ1n) is 5.87. The third kappa shape index (κ3) is 1.35. The molecule has 16 heavy (non-hydrogen) atoms. The third-order valence-corrected chi connectivity index (χ3v) is 4.35. The lowest BCUT2D eigenvalue weighted by molar-refractivity contribution is -0.127. The Bertz CT molecular complexity index is 382. The predicted molar refractivity (Wildman–Crippen MR) is 65.7 cm³/mol. The Morgan fingerprint density at radius 1 is 1.38 bits per heavy atom. The molecule has 86 valence electrons. The lowest BCUT2D eigenvalue weighted by Gasteiger charge is -2.40. The number of allylic oxidation sites excluding steroid dienone is 2. The van der Waals surface area contributed by atoms with Gasteiger partial charge in [0.2, 0.25) is 5.91 Å². The molecule has 2 aliphatic heterocycles. The summed E-state index contributed by atoms with van der Waals surface area (Å²) in [6, 6.07) is 0. The highest BCUT2D eigenvalue weighted by atomic mass is 79.9. The zero-order chi connectivity index (χ0) is 11.2. The van der Waals surface area contributed by atoms with Crippen LogP contribution in [-0.4, -0.2) is 22.5 Å². The molecule has 1 amide bonds. The fourth-order valence-corrected chi connectivity index (χ4v) is 3.42. The lowest BCUT2D eigenvalue weighted by Crippen LogP contribution is -2.49. The Morgan fingerprint density at radius 3 is 2.88 bits per heavy atom. The molecule has 0 aromatic rings. The first kappa shape index (κ1) is 10.4. The Balaban J connectivity index is 1.98. The van der Waals surface area contributed by atoms with Gasteiger partial charge in [0.1, 0.15) is 11.7 Å². The molecule has 1 N–H and O–H groups in total. The second-order valence-electron chi connectivity index (χ2n) is 4.79. The van der Waals surface area contributed by atoms with Crippen molar-refractivity contribution in [1.29, 1.82) is 0 Å². The quantitative estimate of drug-likeness (QED) is 0.739. The smallest absolute Gasteiger partial charge is 0.247 e. The average molecular weight is 283 g/mol. The van der Waals surface area contributed by atoms with Crippen LogP contribution in [0.2, 0.25) is 0 Å². The fourth-order valence-electron chi connectivity index (χ4n) is 3.05. The van der Waals surface area contributed by atoms with E-state index >= 15 is 0 Å². The summed E-state index contributed by atoms with van der Waals surface area (Å²) < 4.78 is 1.05. The minimum atomic E-state index is -0.271. The van der Waals surface area contributed by atoms with E-state index < -0.39 is 0 Å². The van der Waals surface area contributed by atoms with E-state index in [2.05, 4.69) is 32.3 Å². The van der Waals surface area contributed by atoms with Crippen LogP contribution >= 0.6 is 15.9 Å². The van der Waals surface area contributed by atoms with Crippen LogP contribution in [0.1, 0.15) is 32.1 Å². The maximum absolute atomic E-state index is 12.2. The fraction of sp³-hybridized carbons (Fsp3) is 0.583. The molecule has 1 spiro atoms. The van der Waals surface area contributed by atoms with E-state index in [0.29, 0.717) is 0 Å². The summed E-state index contributed by atoms with van der Waals surface area (Å²) in [5.74, 6) is 0.209. The minimum Gasteiger partial charge on any atom is -0.338 e. The third-order valence-electron chi connectivity index (χ3n) is 3.88. The van der Waals surface area contributed by atoms with Crippen molar-refractivity contribution in [3.8, 4) is 0 Å². The second-order valence-corrected chi connectivity index (χ2v) is 5.71. The van der Waals surface area contributed by atoms with Gasteiger partial charge in [-0.25, -0.2) is 0 Å². The molecule has 3 aliphatic rings. The molecule has 3 nitrogen and oxygen atoms in total. The van der Waals surface area contributed by atoms with Crippen LogP contribution in [0.15, 0.2) is 22.8 Å². The van der Waals surface area contributed by atoms with Gasteiger partial charge in [-0.3, -0.25) is 4.79 Å². The maximum Gasteiger partial charge on any atom is 0.247 e. The number of hydrogen-bond acceptors (Lipinski definition) is 2. The van der Waals surface area contributed by atoms with Crippen LogP contribution in [0.5, 0.6) is 0 Å². The molecule has 2 heterocycles. The molecular weight excluding hydrogens is 268 g/mol. The van der Waals surface area contributed by atoms with Crippen molar-refractivity contribution in [2.24, 2.45) is 0 Å². The van der Waals surface area contributed by atoms with Crippen molar-refractivity contribution < 1.29 is 4.79 Å². The van der Waals surface area contributed by atoms with Crippen LogP contribution in [0.25, 0.3) is 0 Å². The van der Waals surface area contributed by atoms with E-state index in [9.17, 15) is 4.79 Å². The Kier molecular flexibility index (Phi) is 2.35. The van der Waals surface area contributed by atoms with Gasteiger partial charge in [-0.15, -0.1) is 0 Å². The monoisotopic (exact) mass is 282 g/mol. The number of carbonyl (C=O) groups excluding carboxylic acids is 1. The zero-order valence-corrected chi connectivity index (χ0v) is 10.7. The molecule has 1 saturated heterocycles. The van der Waals surface area contributed by atoms with Crippen molar-refractivity contribution in [2.75, 3.05) is 0 Å². The van der Waals surface area contributed by atoms with Crippen molar-refractivity contribution in [3.63, 3.8) is 0 Å². The second kappa shape index (κ2) is 3.62. The number of rotatable bonds is 0. The van der Waals surface area contributed by atoms with E-state index in [1.54, 1.807) is 0 Å². The number of carbonyl (C=O) groups is 1. The highest BCUT2D eigenvalue weighted by Crippen LogP contribution is 2.40. The Hall–Kier alpha value is -0.770. The van der Waals surface area contributed by atoms with Gasteiger partial charge >= 0.3 is 0 Å². The van der Waals surface area contributed by atoms with Crippen molar-refractivity contribution in [3.05, 3.63) is 22.8 Å². The normalized spacial score (nSPS) is 31.3. The number of halogens is 1. The highest BCUT2D eigenvalue weighted by Gasteiger charge is 2.51. The first-order valence-corrected chi connectivity index (χ1v) is 6.67. The number of hydrogen-bond donors (Lipinski definition) is 1. The van der Waals surface area contributed by atoms with E-state index in [-0.39, 0.29) is 17.6 Å². The molecule has 0 aromatic heterocycles. The molecule has 1 aliphatic carbocycles. The van der Waals surface area contributed by atoms with Gasteiger partial charge in [-0.2, -0.15) is 0 Å². The topological polar surface area (TPSA) is 32.3 Å². The van der Waals surface area contributed by atoms with E-state index in [0.717, 1.165) is 30.2 Å². The standard InChI is InChI=1S/C12H15BrN2O/c13-9-4-5-10-14-11(16)12(15(10)8-9)6-2-1-3-7-12/h4-5,8,10H,1-3,6-7H2,(H,14,16). The molecule has 0 aromatic carbocycles. The molecule has 1 unspecified atom stereocenters. The van der Waals surface area contributed by atoms with Crippen LogP contribution < -0.4 is 5.32 Å². The Labute approximate surface area is 104 Å². The first-order chi connectivity index (χ1) is 7.72. The van der Waals surface area contributed by atoms with Gasteiger partial charge in [0.15, 0.2) is 0 Å². The Morgan fingerprint density at radius 2 is 2.12 bits per heavy atom. The van der Waals surface area contributed by atoms with Crippen molar-refractivity contribution in [2.45, 2.75) is 43.8 Å². The van der Waals surface area contributed by atoms with Crippen LogP contribution in [0.4, 0.5) is 0 Å². The summed E-state index contributed by atoms with van der Waals surface area (Å²) in [6.45, 7) is 0. The summed E-state index contributed by atoms with van der Waals surface area (Å²) in [5.41, 5.74) is -0.271. The molecule has 4 heteroatoms. The summed E-state index contributed by atoms with van der Waals surface area (Å²) in [6.07, 6.45) is 11.7. The lowest BCUT2D eigenvalue weighted by atomic mass is 9.80. The van der Waals surface area contributed by atoms with Gasteiger partial charge in [-0.05, 0) is 40.9 Å². The van der Waals surface area contributed by atoms with Crippen molar-refractivity contribution >= 4 is 21.8 Å². The van der Waals surface area contributed by atoms with Gasteiger partial charge in [0, 0.05) is 10.7 Å². The largest absolute Gasteiger partial charge is 0.338 e. The van der Waals surface area contributed by atoms with E-state index in [4.69, 9.17) is 0 Å². The van der Waals surface area contributed by atoms with Gasteiger partial charge < -0.3 is 10.2 Å². The predicted octanol–water partition coefficient (Wildman–Crippen LogP) is 2.25. The average Bonchev–Trinajstić information content (AvgIpc) is 2.55. The summed E-state index contributed by atoms with van der Waals surface area (Å²) in [7, 11) is 0. The van der Waals surface area contributed by atoms with Crippen LogP contribution in [0.3, 0.4) is 0 Å². The molecule has 3 rings (SSSR count). The number of nitrogens with zero attached hydrogens (tertiary/aromatic N) is 1. The molecule has 2 fully saturated rings. The molecule has 0 bridgehead atoms. The van der Waals surface area contributed by atoms with Gasteiger partial charge in [0.05, 0.1) is 0 Å². The maximum atomic E-state index is 12.2. The molecular formula is C12H15BrN2O. The summed E-state index contributed by atoms with van der Waals surface area (Å²) >= 11 is 3.49. The van der Waals surface area contributed by atoms with E-state index in [1.165, 1.54) is 6.42 Å². The summed E-state index contributed by atoms with van der Waals surface area (Å²) in [5, 5.41) is 3.07. The van der Waals surface area contributed by atoms with Gasteiger partial charge in [0.25, 0.3) is 0 Å².